The average Bonchev–Trinajstić information content (AvgIpc) is 2.61. The van der Waals surface area contributed by atoms with E-state index in [-0.39, 0.29) is 23.5 Å². The lowest BCUT2D eigenvalue weighted by Gasteiger charge is -2.32. The number of hydrogen-bond donors (Lipinski definition) is 1. The normalized spacial score (nSPS) is 22.2. The van der Waals surface area contributed by atoms with Gasteiger partial charge >= 0.3 is 0 Å². The molecule has 0 aromatic carbocycles. The molecule has 2 amide bonds. The zero-order chi connectivity index (χ0) is 17.7. The summed E-state index contributed by atoms with van der Waals surface area (Å²) in [5.41, 5.74) is 0. The van der Waals surface area contributed by atoms with Gasteiger partial charge in [-0.25, -0.2) is 12.7 Å². The van der Waals surface area contributed by atoms with Crippen molar-refractivity contribution in [2.24, 2.45) is 5.92 Å². The van der Waals surface area contributed by atoms with Gasteiger partial charge in [0.2, 0.25) is 21.8 Å². The molecule has 2 aliphatic heterocycles. The van der Waals surface area contributed by atoms with Gasteiger partial charge < -0.3 is 15.0 Å². The zero-order valence-electron chi connectivity index (χ0n) is 14.4. The van der Waals surface area contributed by atoms with Gasteiger partial charge in [-0.05, 0) is 26.7 Å². The van der Waals surface area contributed by atoms with Crippen molar-refractivity contribution < 1.29 is 22.7 Å². The van der Waals surface area contributed by atoms with Gasteiger partial charge in [0.05, 0.1) is 19.0 Å². The van der Waals surface area contributed by atoms with Crippen LogP contribution in [-0.2, 0) is 24.3 Å². The highest BCUT2D eigenvalue weighted by Gasteiger charge is 2.32. The smallest absolute Gasteiger partial charge is 0.245 e. The number of amides is 2. The van der Waals surface area contributed by atoms with Crippen LogP contribution in [0.4, 0.5) is 0 Å². The molecule has 0 bridgehead atoms. The summed E-state index contributed by atoms with van der Waals surface area (Å²) in [6.07, 6.45) is 0.979. The van der Waals surface area contributed by atoms with Crippen molar-refractivity contribution in [1.82, 2.24) is 14.5 Å². The molecule has 0 aromatic rings. The maximum Gasteiger partial charge on any atom is 0.245 e. The fraction of sp³-hybridized carbons (Fsp3) is 0.867. The van der Waals surface area contributed by atoms with Crippen LogP contribution in [0.5, 0.6) is 0 Å². The molecule has 0 saturated carbocycles. The third-order valence-corrected chi connectivity index (χ3v) is 6.52. The highest BCUT2D eigenvalue weighted by atomic mass is 32.2. The van der Waals surface area contributed by atoms with Crippen LogP contribution in [0.2, 0.25) is 0 Å². The highest BCUT2D eigenvalue weighted by molar-refractivity contribution is 7.89. The largest absolute Gasteiger partial charge is 0.378 e. The molecule has 2 aliphatic rings. The lowest BCUT2D eigenvalue weighted by Crippen LogP contribution is -2.52. The molecule has 2 heterocycles. The second-order valence-electron chi connectivity index (χ2n) is 6.24. The predicted octanol–water partition coefficient (Wildman–Crippen LogP) is -0.588. The van der Waals surface area contributed by atoms with E-state index in [1.165, 1.54) is 4.31 Å². The van der Waals surface area contributed by atoms with Crippen molar-refractivity contribution in [3.63, 3.8) is 0 Å². The van der Waals surface area contributed by atoms with Crippen LogP contribution < -0.4 is 5.32 Å². The van der Waals surface area contributed by atoms with E-state index >= 15 is 0 Å². The van der Waals surface area contributed by atoms with Crippen LogP contribution in [0, 0.1) is 5.92 Å². The number of sulfonamides is 1. The molecule has 2 fully saturated rings. The standard InChI is InChI=1S/C15H27N3O5S/c1-3-24(21,22)18-6-4-13(5-7-18)14(19)16-12(2)15(20)17-8-10-23-11-9-17/h12-13H,3-11H2,1-2H3,(H,16,19). The number of piperidine rings is 1. The van der Waals surface area contributed by atoms with E-state index in [1.54, 1.807) is 18.7 Å². The van der Waals surface area contributed by atoms with E-state index in [2.05, 4.69) is 5.32 Å². The number of ether oxygens (including phenoxy) is 1. The maximum absolute atomic E-state index is 12.3. The fourth-order valence-corrected chi connectivity index (χ4v) is 4.16. The number of nitrogens with zero attached hydrogens (tertiary/aromatic N) is 2. The number of rotatable bonds is 5. The van der Waals surface area contributed by atoms with E-state index in [4.69, 9.17) is 4.74 Å². The highest BCUT2D eigenvalue weighted by Crippen LogP contribution is 2.20. The van der Waals surface area contributed by atoms with Crippen molar-refractivity contribution in [1.29, 1.82) is 0 Å². The maximum atomic E-state index is 12.3. The first-order valence-electron chi connectivity index (χ1n) is 8.50. The van der Waals surface area contributed by atoms with E-state index in [1.807, 2.05) is 0 Å². The Morgan fingerprint density at radius 1 is 1.17 bits per heavy atom. The minimum absolute atomic E-state index is 0.0783. The van der Waals surface area contributed by atoms with Crippen LogP contribution in [0.25, 0.3) is 0 Å². The van der Waals surface area contributed by atoms with E-state index in [0.29, 0.717) is 52.2 Å². The van der Waals surface area contributed by atoms with Crippen molar-refractivity contribution in [3.05, 3.63) is 0 Å². The van der Waals surface area contributed by atoms with Gasteiger partial charge in [-0.1, -0.05) is 0 Å². The molecular weight excluding hydrogens is 334 g/mol. The van der Waals surface area contributed by atoms with Crippen molar-refractivity contribution in [2.75, 3.05) is 45.1 Å². The third-order valence-electron chi connectivity index (χ3n) is 4.63. The first-order chi connectivity index (χ1) is 11.3. The molecule has 2 saturated heterocycles. The van der Waals surface area contributed by atoms with Gasteiger partial charge in [0.1, 0.15) is 6.04 Å². The van der Waals surface area contributed by atoms with Crippen LogP contribution >= 0.6 is 0 Å². The van der Waals surface area contributed by atoms with E-state index in [9.17, 15) is 18.0 Å². The van der Waals surface area contributed by atoms with Crippen LogP contribution in [-0.4, -0.2) is 80.6 Å². The Morgan fingerprint density at radius 3 is 2.29 bits per heavy atom. The molecule has 1 unspecified atom stereocenters. The monoisotopic (exact) mass is 361 g/mol. The van der Waals surface area contributed by atoms with Gasteiger partial charge in [-0.2, -0.15) is 0 Å². The molecule has 1 N–H and O–H groups in total. The molecular formula is C15H27N3O5S. The molecule has 2 rings (SSSR count). The van der Waals surface area contributed by atoms with Gasteiger partial charge in [0.15, 0.2) is 0 Å². The van der Waals surface area contributed by atoms with Gasteiger partial charge in [-0.15, -0.1) is 0 Å². The number of carbonyl (C=O) groups is 2. The minimum Gasteiger partial charge on any atom is -0.378 e. The number of hydrogen-bond acceptors (Lipinski definition) is 5. The topological polar surface area (TPSA) is 96.0 Å². The zero-order valence-corrected chi connectivity index (χ0v) is 15.2. The summed E-state index contributed by atoms with van der Waals surface area (Å²) in [6.45, 7) is 6.17. The molecule has 9 heteroatoms. The number of carbonyl (C=O) groups excluding carboxylic acids is 2. The Bertz CT molecular complexity index is 551. The lowest BCUT2D eigenvalue weighted by atomic mass is 9.97. The summed E-state index contributed by atoms with van der Waals surface area (Å²) in [6, 6.07) is -0.576. The summed E-state index contributed by atoms with van der Waals surface area (Å²) < 4.78 is 30.3. The second-order valence-corrected chi connectivity index (χ2v) is 8.50. The Labute approximate surface area is 143 Å². The van der Waals surface area contributed by atoms with Crippen molar-refractivity contribution >= 4 is 21.8 Å². The predicted molar refractivity (Wildman–Crippen MR) is 88.8 cm³/mol. The summed E-state index contributed by atoms with van der Waals surface area (Å²) >= 11 is 0. The van der Waals surface area contributed by atoms with Crippen molar-refractivity contribution in [3.8, 4) is 0 Å². The van der Waals surface area contributed by atoms with E-state index < -0.39 is 16.1 Å². The summed E-state index contributed by atoms with van der Waals surface area (Å²) in [5.74, 6) is -0.432. The van der Waals surface area contributed by atoms with Crippen molar-refractivity contribution in [2.45, 2.75) is 32.7 Å². The quantitative estimate of drug-likeness (QED) is 0.706. The Balaban J connectivity index is 1.81. The lowest BCUT2D eigenvalue weighted by molar-refractivity contribution is -0.140. The van der Waals surface area contributed by atoms with Gasteiger partial charge in [-0.3, -0.25) is 9.59 Å². The van der Waals surface area contributed by atoms with Crippen LogP contribution in [0.3, 0.4) is 0 Å². The molecule has 0 radical (unpaired) electrons. The number of nitrogens with one attached hydrogen (secondary N) is 1. The van der Waals surface area contributed by atoms with Crippen LogP contribution in [0.15, 0.2) is 0 Å². The second kappa shape index (κ2) is 8.26. The molecule has 0 spiro atoms. The third kappa shape index (κ3) is 4.67. The first-order valence-corrected chi connectivity index (χ1v) is 10.1. The molecule has 138 valence electrons. The Kier molecular flexibility index (Phi) is 6.59. The molecule has 1 atom stereocenters. The van der Waals surface area contributed by atoms with Gasteiger partial charge in [0, 0.05) is 32.1 Å². The number of morpholine rings is 1. The van der Waals surface area contributed by atoms with Crippen LogP contribution in [0.1, 0.15) is 26.7 Å². The average molecular weight is 361 g/mol. The summed E-state index contributed by atoms with van der Waals surface area (Å²) in [4.78, 5) is 26.4. The molecule has 24 heavy (non-hydrogen) atoms. The molecule has 8 nitrogen and oxygen atoms in total. The summed E-state index contributed by atoms with van der Waals surface area (Å²) in [7, 11) is -3.19. The minimum atomic E-state index is -3.19. The first kappa shape index (κ1) is 19.1. The fourth-order valence-electron chi connectivity index (χ4n) is 3.03. The Hall–Kier alpha value is -1.19. The SMILES string of the molecule is CCS(=O)(=O)N1CCC(C(=O)NC(C)C(=O)N2CCOCC2)CC1. The Morgan fingerprint density at radius 2 is 1.75 bits per heavy atom. The molecule has 0 aromatic heterocycles. The molecule has 0 aliphatic carbocycles. The van der Waals surface area contributed by atoms with E-state index in [0.717, 1.165) is 0 Å². The van der Waals surface area contributed by atoms with Gasteiger partial charge in [0.25, 0.3) is 0 Å². The summed E-state index contributed by atoms with van der Waals surface area (Å²) in [5, 5.41) is 2.78.